The molecule has 3 N–H and O–H groups in total. The summed E-state index contributed by atoms with van der Waals surface area (Å²) in [4.78, 5) is 36.4. The van der Waals surface area contributed by atoms with E-state index in [-0.39, 0.29) is 11.4 Å². The van der Waals surface area contributed by atoms with Crippen molar-refractivity contribution in [1.82, 2.24) is 9.97 Å². The number of azo groups is 1. The first kappa shape index (κ1) is 14.9. The fourth-order valence-electron chi connectivity index (χ4n) is 1.53. The summed E-state index contributed by atoms with van der Waals surface area (Å²) < 4.78 is 4.86. The van der Waals surface area contributed by atoms with Gasteiger partial charge in [-0.2, -0.15) is 0 Å². The largest absolute Gasteiger partial charge is 0.496 e. The van der Waals surface area contributed by atoms with Crippen molar-refractivity contribution in [1.29, 1.82) is 0 Å². The zero-order chi connectivity index (χ0) is 16.3. The minimum absolute atomic E-state index is 0.157. The van der Waals surface area contributed by atoms with Crippen LogP contribution in [0.2, 0.25) is 0 Å². The summed E-state index contributed by atoms with van der Waals surface area (Å²) in [5.41, 5.74) is -3.04. The number of nitrogens with zero attached hydrogens (tertiary/aromatic N) is 3. The number of rotatable bonds is 4. The number of hydrogen-bond donors (Lipinski definition) is 3. The fourth-order valence-corrected chi connectivity index (χ4v) is 1.53. The van der Waals surface area contributed by atoms with E-state index in [0.717, 1.165) is 6.07 Å². The van der Waals surface area contributed by atoms with Crippen molar-refractivity contribution in [3.63, 3.8) is 0 Å². The molecule has 0 fully saturated rings. The summed E-state index contributed by atoms with van der Waals surface area (Å²) in [6.45, 7) is 0. The lowest BCUT2D eigenvalue weighted by atomic mass is 10.2. The Kier molecular flexibility index (Phi) is 3.97. The third kappa shape index (κ3) is 2.98. The third-order valence-corrected chi connectivity index (χ3v) is 2.54. The Morgan fingerprint density at radius 1 is 1.27 bits per heavy atom. The molecule has 0 bridgehead atoms. The molecule has 22 heavy (non-hydrogen) atoms. The lowest BCUT2D eigenvalue weighted by molar-refractivity contribution is -0.384. The Labute approximate surface area is 121 Å². The molecule has 11 nitrogen and oxygen atoms in total. The molecule has 114 valence electrons. The first-order chi connectivity index (χ1) is 10.4. The van der Waals surface area contributed by atoms with Gasteiger partial charge >= 0.3 is 5.69 Å². The van der Waals surface area contributed by atoms with Crippen LogP contribution in [0.15, 0.2) is 38.0 Å². The van der Waals surface area contributed by atoms with Crippen LogP contribution in [0, 0.1) is 10.1 Å². The normalized spacial score (nSPS) is 10.8. The second-order valence-electron chi connectivity index (χ2n) is 3.92. The summed E-state index contributed by atoms with van der Waals surface area (Å²) in [5.74, 6) is -0.552. The highest BCUT2D eigenvalue weighted by Gasteiger charge is 2.16. The van der Waals surface area contributed by atoms with Gasteiger partial charge in [0.15, 0.2) is 5.69 Å². The minimum atomic E-state index is -0.985. The highest BCUT2D eigenvalue weighted by Crippen LogP contribution is 2.32. The van der Waals surface area contributed by atoms with Crippen LogP contribution in [-0.4, -0.2) is 27.1 Å². The zero-order valence-electron chi connectivity index (χ0n) is 11.1. The van der Waals surface area contributed by atoms with E-state index in [2.05, 4.69) is 10.2 Å². The number of aromatic hydroxyl groups is 1. The Bertz CT molecular complexity index is 868. The van der Waals surface area contributed by atoms with E-state index in [1.165, 1.54) is 19.2 Å². The number of nitro benzene ring substituents is 1. The molecule has 1 aromatic heterocycles. The van der Waals surface area contributed by atoms with Gasteiger partial charge in [-0.25, -0.2) is 4.79 Å². The molecule has 0 unspecified atom stereocenters. The summed E-state index contributed by atoms with van der Waals surface area (Å²) in [6, 6.07) is 3.81. The van der Waals surface area contributed by atoms with Crippen LogP contribution in [0.25, 0.3) is 0 Å². The molecule has 0 saturated heterocycles. The lowest BCUT2D eigenvalue weighted by Crippen LogP contribution is -2.20. The molecular weight excluding hydrogens is 298 g/mol. The average molecular weight is 307 g/mol. The number of hydrogen-bond acceptors (Lipinski definition) is 8. The molecule has 2 rings (SSSR count). The van der Waals surface area contributed by atoms with Crippen molar-refractivity contribution in [3.8, 4) is 11.6 Å². The highest BCUT2D eigenvalue weighted by molar-refractivity contribution is 5.60. The quantitative estimate of drug-likeness (QED) is 0.435. The Morgan fingerprint density at radius 3 is 2.59 bits per heavy atom. The standard InChI is InChI=1S/C11H9N5O6/c1-22-5-2-3-6(7(4-5)16(20)21)14-15-8-9(17)12-11(19)13-10(8)18/h2-4H,1H3,(H3,12,13,17,18,19). The van der Waals surface area contributed by atoms with Crippen LogP contribution in [0.1, 0.15) is 0 Å². The van der Waals surface area contributed by atoms with Crippen molar-refractivity contribution in [2.24, 2.45) is 10.2 Å². The molecule has 1 aromatic carbocycles. The maximum Gasteiger partial charge on any atom is 0.328 e. The van der Waals surface area contributed by atoms with Gasteiger partial charge in [0.2, 0.25) is 11.6 Å². The van der Waals surface area contributed by atoms with E-state index in [9.17, 15) is 24.8 Å². The van der Waals surface area contributed by atoms with E-state index in [1.807, 2.05) is 9.97 Å². The first-order valence-electron chi connectivity index (χ1n) is 5.72. The molecule has 0 spiro atoms. The van der Waals surface area contributed by atoms with Crippen LogP contribution < -0.4 is 16.0 Å². The van der Waals surface area contributed by atoms with Crippen LogP contribution in [0.3, 0.4) is 0 Å². The predicted octanol–water partition coefficient (Wildman–Crippen LogP) is 1.10. The molecule has 0 aliphatic rings. The van der Waals surface area contributed by atoms with Crippen molar-refractivity contribution in [2.45, 2.75) is 0 Å². The molecule has 0 amide bonds. The second kappa shape index (κ2) is 5.87. The maximum atomic E-state index is 11.5. The number of benzene rings is 1. The van der Waals surface area contributed by atoms with Crippen molar-refractivity contribution in [3.05, 3.63) is 49.2 Å². The fraction of sp³-hybridized carbons (Fsp3) is 0.0909. The van der Waals surface area contributed by atoms with Gasteiger partial charge in [-0.15, -0.1) is 10.2 Å². The second-order valence-corrected chi connectivity index (χ2v) is 3.92. The van der Waals surface area contributed by atoms with Gasteiger partial charge in [0.05, 0.1) is 18.1 Å². The Balaban J connectivity index is 2.49. The van der Waals surface area contributed by atoms with Gasteiger partial charge in [-0.1, -0.05) is 0 Å². The Morgan fingerprint density at radius 2 is 2.00 bits per heavy atom. The summed E-state index contributed by atoms with van der Waals surface area (Å²) in [6.07, 6.45) is 0. The number of aromatic nitrogens is 2. The molecule has 2 aromatic rings. The number of nitrogens with one attached hydrogen (secondary N) is 2. The summed E-state index contributed by atoms with van der Waals surface area (Å²) in [7, 11) is 1.35. The van der Waals surface area contributed by atoms with Crippen molar-refractivity contribution in [2.75, 3.05) is 7.11 Å². The van der Waals surface area contributed by atoms with Gasteiger partial charge in [0.25, 0.3) is 11.2 Å². The molecule has 0 saturated carbocycles. The van der Waals surface area contributed by atoms with Crippen molar-refractivity contribution >= 4 is 17.1 Å². The van der Waals surface area contributed by atoms with Gasteiger partial charge in [-0.3, -0.25) is 24.9 Å². The summed E-state index contributed by atoms with van der Waals surface area (Å²) in [5, 5.41) is 27.4. The topological polar surface area (TPSA) is 163 Å². The number of aromatic amines is 2. The molecule has 0 atom stereocenters. The van der Waals surface area contributed by atoms with E-state index < -0.39 is 33.4 Å². The number of ether oxygens (including phenoxy) is 1. The molecule has 1 heterocycles. The van der Waals surface area contributed by atoms with Gasteiger partial charge in [0, 0.05) is 0 Å². The average Bonchev–Trinajstić information content (AvgIpc) is 2.46. The number of H-pyrrole nitrogens is 2. The monoisotopic (exact) mass is 307 g/mol. The third-order valence-electron chi connectivity index (χ3n) is 2.54. The SMILES string of the molecule is COc1ccc(N=Nc2c(O)[nH]c(=O)[nH]c2=O)c([N+](=O)[O-])c1. The van der Waals surface area contributed by atoms with E-state index in [0.29, 0.717) is 0 Å². The maximum absolute atomic E-state index is 11.5. The highest BCUT2D eigenvalue weighted by atomic mass is 16.6. The van der Waals surface area contributed by atoms with Gasteiger partial charge < -0.3 is 9.84 Å². The summed E-state index contributed by atoms with van der Waals surface area (Å²) >= 11 is 0. The van der Waals surface area contributed by atoms with Crippen LogP contribution in [-0.2, 0) is 0 Å². The molecule has 0 aliphatic heterocycles. The lowest BCUT2D eigenvalue weighted by Gasteiger charge is -2.01. The molecule has 0 radical (unpaired) electrons. The van der Waals surface area contributed by atoms with Crippen molar-refractivity contribution < 1.29 is 14.8 Å². The molecule has 11 heteroatoms. The first-order valence-corrected chi connectivity index (χ1v) is 5.72. The zero-order valence-corrected chi connectivity index (χ0v) is 11.1. The van der Waals surface area contributed by atoms with E-state index in [1.54, 1.807) is 0 Å². The molecular formula is C11H9N5O6. The smallest absolute Gasteiger partial charge is 0.328 e. The van der Waals surface area contributed by atoms with E-state index >= 15 is 0 Å². The van der Waals surface area contributed by atoms with Crippen LogP contribution in [0.5, 0.6) is 11.6 Å². The van der Waals surface area contributed by atoms with Crippen LogP contribution >= 0.6 is 0 Å². The molecule has 0 aliphatic carbocycles. The van der Waals surface area contributed by atoms with Crippen LogP contribution in [0.4, 0.5) is 17.1 Å². The number of methoxy groups -OCH3 is 1. The van der Waals surface area contributed by atoms with Gasteiger partial charge in [-0.05, 0) is 12.1 Å². The number of nitro groups is 1. The van der Waals surface area contributed by atoms with Gasteiger partial charge in [0.1, 0.15) is 5.75 Å². The van der Waals surface area contributed by atoms with E-state index in [4.69, 9.17) is 4.74 Å². The Hall–Kier alpha value is -3.50. The minimum Gasteiger partial charge on any atom is -0.496 e. The predicted molar refractivity (Wildman–Crippen MR) is 73.2 cm³/mol.